The largest absolute Gasteiger partial charge is 0.492 e. The monoisotopic (exact) mass is 260 g/mol. The van der Waals surface area contributed by atoms with Gasteiger partial charge in [0.1, 0.15) is 5.82 Å². The number of hydrogen-bond acceptors (Lipinski definition) is 5. The molecular weight excluding hydrogens is 248 g/mol. The van der Waals surface area contributed by atoms with Crippen LogP contribution in [0.1, 0.15) is 16.1 Å². The van der Waals surface area contributed by atoms with Crippen LogP contribution in [-0.2, 0) is 9.53 Å². The molecule has 6 nitrogen and oxygen atoms in total. The van der Waals surface area contributed by atoms with Crippen LogP contribution in [0.5, 0.6) is 5.88 Å². The second-order valence-electron chi connectivity index (χ2n) is 3.97. The number of nitrogens with one attached hydrogen (secondary N) is 1. The van der Waals surface area contributed by atoms with E-state index >= 15 is 0 Å². The number of aromatic hydroxyl groups is 1. The molecule has 1 aromatic carbocycles. The van der Waals surface area contributed by atoms with Crippen molar-refractivity contribution in [1.29, 1.82) is 0 Å². The van der Waals surface area contributed by atoms with Gasteiger partial charge >= 0.3 is 5.97 Å². The summed E-state index contributed by atoms with van der Waals surface area (Å²) in [6.07, 6.45) is 0. The number of nitrogens with zero attached hydrogens (tertiary/aromatic N) is 1. The lowest BCUT2D eigenvalue weighted by Gasteiger charge is -1.97. The number of benzene rings is 1. The van der Waals surface area contributed by atoms with Gasteiger partial charge in [-0.1, -0.05) is 29.8 Å². The summed E-state index contributed by atoms with van der Waals surface area (Å²) in [4.78, 5) is 29.2. The van der Waals surface area contributed by atoms with Crippen molar-refractivity contribution in [1.82, 2.24) is 9.97 Å². The molecule has 0 unspecified atom stereocenters. The summed E-state index contributed by atoms with van der Waals surface area (Å²) in [5, 5.41) is 9.59. The Kier molecular flexibility index (Phi) is 3.33. The van der Waals surface area contributed by atoms with Gasteiger partial charge in [-0.15, -0.1) is 0 Å². The van der Waals surface area contributed by atoms with E-state index in [1.807, 2.05) is 19.1 Å². The van der Waals surface area contributed by atoms with Gasteiger partial charge in [0.2, 0.25) is 5.88 Å². The van der Waals surface area contributed by atoms with E-state index in [-0.39, 0.29) is 5.69 Å². The molecule has 1 heterocycles. The molecule has 0 saturated carbocycles. The number of carbonyl (C=O) groups is 2. The SMILES string of the molecule is COC(=O)C(=O)c1[nH]c(-c2ccc(C)cc2)nc1O. The second kappa shape index (κ2) is 4.93. The Morgan fingerprint density at radius 1 is 1.26 bits per heavy atom. The molecular formula is C13H12N2O4. The van der Waals surface area contributed by atoms with Crippen LogP contribution in [0.2, 0.25) is 0 Å². The molecule has 1 aromatic heterocycles. The Morgan fingerprint density at radius 2 is 1.89 bits per heavy atom. The number of Topliss-reactive ketones (excluding diaryl/α,β-unsaturated/α-hetero) is 1. The summed E-state index contributed by atoms with van der Waals surface area (Å²) in [6, 6.07) is 7.33. The minimum absolute atomic E-state index is 0.276. The van der Waals surface area contributed by atoms with Crippen molar-refractivity contribution in [3.05, 3.63) is 35.5 Å². The van der Waals surface area contributed by atoms with Gasteiger partial charge in [-0.25, -0.2) is 4.79 Å². The van der Waals surface area contributed by atoms with Crippen molar-refractivity contribution >= 4 is 11.8 Å². The minimum atomic E-state index is -1.06. The first kappa shape index (κ1) is 12.8. The van der Waals surface area contributed by atoms with Crippen LogP contribution in [0.3, 0.4) is 0 Å². The standard InChI is InChI=1S/C13H12N2O4/c1-7-3-5-8(6-4-7)11-14-9(12(17)15-11)10(16)13(18)19-2/h3-6,17H,1-2H3,(H,14,15). The lowest BCUT2D eigenvalue weighted by molar-refractivity contribution is -0.135. The van der Waals surface area contributed by atoms with Crippen LogP contribution in [0, 0.1) is 6.92 Å². The summed E-state index contributed by atoms with van der Waals surface area (Å²) in [5.74, 6) is -2.24. The quantitative estimate of drug-likeness (QED) is 0.495. The molecule has 0 fully saturated rings. The summed E-state index contributed by atoms with van der Waals surface area (Å²) in [6.45, 7) is 1.94. The van der Waals surface area contributed by atoms with Gasteiger partial charge in [0.05, 0.1) is 7.11 Å². The molecule has 0 saturated heterocycles. The number of aryl methyl sites for hydroxylation is 1. The maximum Gasteiger partial charge on any atom is 0.381 e. The fourth-order valence-electron chi connectivity index (χ4n) is 1.57. The number of ketones is 1. The molecule has 2 aromatic rings. The molecule has 2 rings (SSSR count). The van der Waals surface area contributed by atoms with Crippen LogP contribution < -0.4 is 0 Å². The zero-order valence-electron chi connectivity index (χ0n) is 10.4. The van der Waals surface area contributed by atoms with Crippen molar-refractivity contribution < 1.29 is 19.4 Å². The third kappa shape index (κ3) is 2.47. The van der Waals surface area contributed by atoms with E-state index in [2.05, 4.69) is 14.7 Å². The summed E-state index contributed by atoms with van der Waals surface area (Å²) in [5.41, 5.74) is 1.50. The highest BCUT2D eigenvalue weighted by atomic mass is 16.5. The van der Waals surface area contributed by atoms with Crippen LogP contribution in [-0.4, -0.2) is 33.9 Å². The third-order valence-electron chi connectivity index (χ3n) is 2.61. The van der Waals surface area contributed by atoms with Gasteiger partial charge in [0.25, 0.3) is 5.78 Å². The van der Waals surface area contributed by atoms with Crippen molar-refractivity contribution in [3.8, 4) is 17.3 Å². The number of aromatic nitrogens is 2. The molecule has 19 heavy (non-hydrogen) atoms. The van der Waals surface area contributed by atoms with E-state index in [4.69, 9.17) is 0 Å². The lowest BCUT2D eigenvalue weighted by atomic mass is 10.1. The first-order valence-electron chi connectivity index (χ1n) is 5.51. The highest BCUT2D eigenvalue weighted by Gasteiger charge is 2.24. The molecule has 0 aliphatic carbocycles. The number of esters is 1. The number of imidazole rings is 1. The van der Waals surface area contributed by atoms with Crippen molar-refractivity contribution in [2.24, 2.45) is 0 Å². The van der Waals surface area contributed by atoms with Crippen LogP contribution >= 0.6 is 0 Å². The Morgan fingerprint density at radius 3 is 2.47 bits per heavy atom. The average molecular weight is 260 g/mol. The van der Waals surface area contributed by atoms with Crippen LogP contribution in [0.25, 0.3) is 11.4 Å². The number of aromatic amines is 1. The predicted octanol–water partition coefficient (Wildman–Crippen LogP) is 1.45. The van der Waals surface area contributed by atoms with Gasteiger partial charge in [-0.3, -0.25) is 4.79 Å². The first-order chi connectivity index (χ1) is 9.02. The molecule has 0 bridgehead atoms. The van der Waals surface area contributed by atoms with E-state index in [1.54, 1.807) is 12.1 Å². The fraction of sp³-hybridized carbons (Fsp3) is 0.154. The van der Waals surface area contributed by atoms with E-state index in [0.29, 0.717) is 11.4 Å². The molecule has 6 heteroatoms. The number of ether oxygens (including phenoxy) is 1. The van der Waals surface area contributed by atoms with Crippen LogP contribution in [0.15, 0.2) is 24.3 Å². The summed E-state index contributed by atoms with van der Waals surface area (Å²) < 4.78 is 4.30. The number of rotatable bonds is 3. The molecule has 0 atom stereocenters. The van der Waals surface area contributed by atoms with Crippen molar-refractivity contribution in [2.75, 3.05) is 7.11 Å². The zero-order chi connectivity index (χ0) is 14.0. The Labute approximate surface area is 109 Å². The summed E-state index contributed by atoms with van der Waals surface area (Å²) >= 11 is 0. The minimum Gasteiger partial charge on any atom is -0.492 e. The van der Waals surface area contributed by atoms with Crippen molar-refractivity contribution in [2.45, 2.75) is 6.92 Å². The Bertz CT molecular complexity index is 629. The van der Waals surface area contributed by atoms with Gasteiger partial charge in [0, 0.05) is 5.56 Å². The summed E-state index contributed by atoms with van der Waals surface area (Å²) in [7, 11) is 1.09. The van der Waals surface area contributed by atoms with E-state index in [0.717, 1.165) is 12.7 Å². The van der Waals surface area contributed by atoms with Crippen LogP contribution in [0.4, 0.5) is 0 Å². The third-order valence-corrected chi connectivity index (χ3v) is 2.61. The number of carbonyl (C=O) groups excluding carboxylic acids is 2. The van der Waals surface area contributed by atoms with Gasteiger partial charge in [-0.2, -0.15) is 4.98 Å². The van der Waals surface area contributed by atoms with Gasteiger partial charge in [-0.05, 0) is 6.92 Å². The van der Waals surface area contributed by atoms with E-state index in [1.165, 1.54) is 0 Å². The molecule has 0 amide bonds. The zero-order valence-corrected chi connectivity index (χ0v) is 10.4. The molecule has 0 aliphatic rings. The highest BCUT2D eigenvalue weighted by molar-refractivity contribution is 6.40. The number of hydrogen-bond donors (Lipinski definition) is 2. The number of methoxy groups -OCH3 is 1. The van der Waals surface area contributed by atoms with Crippen molar-refractivity contribution in [3.63, 3.8) is 0 Å². The number of H-pyrrole nitrogens is 1. The predicted molar refractivity (Wildman–Crippen MR) is 66.8 cm³/mol. The van der Waals surface area contributed by atoms with Gasteiger partial charge < -0.3 is 14.8 Å². The molecule has 98 valence electrons. The fourth-order valence-corrected chi connectivity index (χ4v) is 1.57. The average Bonchev–Trinajstić information content (AvgIpc) is 2.80. The van der Waals surface area contributed by atoms with E-state index < -0.39 is 17.6 Å². The molecule has 0 spiro atoms. The van der Waals surface area contributed by atoms with Gasteiger partial charge in [0.15, 0.2) is 5.69 Å². The van der Waals surface area contributed by atoms with E-state index in [9.17, 15) is 14.7 Å². The first-order valence-corrected chi connectivity index (χ1v) is 5.51. The second-order valence-corrected chi connectivity index (χ2v) is 3.97. The maximum absolute atomic E-state index is 11.6. The maximum atomic E-state index is 11.6. The molecule has 2 N–H and O–H groups in total. The normalized spacial score (nSPS) is 10.2. The highest BCUT2D eigenvalue weighted by Crippen LogP contribution is 2.22. The Balaban J connectivity index is 2.38. The smallest absolute Gasteiger partial charge is 0.381 e. The lowest BCUT2D eigenvalue weighted by Crippen LogP contribution is -2.16. The topological polar surface area (TPSA) is 92.3 Å². The molecule has 0 aliphatic heterocycles. The Hall–Kier alpha value is -2.63. The molecule has 0 radical (unpaired) electrons.